The third-order valence-electron chi connectivity index (χ3n) is 3.70. The van der Waals surface area contributed by atoms with Crippen molar-refractivity contribution < 1.29 is 9.90 Å². The van der Waals surface area contributed by atoms with Gasteiger partial charge in [0.1, 0.15) is 6.54 Å². The average Bonchev–Trinajstić information content (AvgIpc) is 2.75. The number of halogens is 1. The summed E-state index contributed by atoms with van der Waals surface area (Å²) in [4.78, 5) is 13.2. The second-order valence-corrected chi connectivity index (χ2v) is 5.57. The van der Waals surface area contributed by atoms with Gasteiger partial charge in [-0.15, -0.1) is 0 Å². The summed E-state index contributed by atoms with van der Waals surface area (Å²) in [6.07, 6.45) is 0.773. The van der Waals surface area contributed by atoms with E-state index in [2.05, 4.69) is 22.1 Å². The number of aliphatic carboxylic acids is 1. The highest BCUT2D eigenvalue weighted by Gasteiger charge is 2.24. The van der Waals surface area contributed by atoms with E-state index in [1.165, 1.54) is 10.2 Å². The number of benzene rings is 1. The molecule has 0 fully saturated rings. The Balaban J connectivity index is 1.76. The molecule has 2 heterocycles. The standard InChI is InChI=1S/C15H16ClN3O2/c16-15-12-9-18(8-11-4-2-1-3-5-11)7-6-13(12)19(17-15)10-14(20)21/h1-5H,6-10H2,(H,20,21). The molecule has 110 valence electrons. The van der Waals surface area contributed by atoms with E-state index in [-0.39, 0.29) is 6.54 Å². The molecule has 1 aliphatic heterocycles. The third kappa shape index (κ3) is 3.09. The number of carboxylic acids is 1. The summed E-state index contributed by atoms with van der Waals surface area (Å²) in [7, 11) is 0. The summed E-state index contributed by atoms with van der Waals surface area (Å²) in [6, 6.07) is 10.3. The van der Waals surface area contributed by atoms with Gasteiger partial charge in [0.25, 0.3) is 0 Å². The quantitative estimate of drug-likeness (QED) is 0.940. The number of hydrogen-bond donors (Lipinski definition) is 1. The fraction of sp³-hybridized carbons (Fsp3) is 0.333. The number of carboxylic acid groups (broad SMARTS) is 1. The van der Waals surface area contributed by atoms with E-state index in [1.54, 1.807) is 0 Å². The maximum atomic E-state index is 10.9. The first kappa shape index (κ1) is 14.1. The van der Waals surface area contributed by atoms with E-state index in [1.807, 2.05) is 18.2 Å². The lowest BCUT2D eigenvalue weighted by Gasteiger charge is -2.27. The second kappa shape index (κ2) is 5.87. The van der Waals surface area contributed by atoms with E-state index < -0.39 is 5.97 Å². The molecule has 1 N–H and O–H groups in total. The summed E-state index contributed by atoms with van der Waals surface area (Å²) >= 11 is 6.16. The van der Waals surface area contributed by atoms with E-state index in [4.69, 9.17) is 16.7 Å². The number of carbonyl (C=O) groups is 1. The van der Waals surface area contributed by atoms with Gasteiger partial charge in [-0.05, 0) is 5.56 Å². The monoisotopic (exact) mass is 305 g/mol. The van der Waals surface area contributed by atoms with Crippen LogP contribution in [0.2, 0.25) is 5.15 Å². The highest BCUT2D eigenvalue weighted by molar-refractivity contribution is 6.30. The van der Waals surface area contributed by atoms with Crippen LogP contribution < -0.4 is 0 Å². The minimum Gasteiger partial charge on any atom is -0.480 e. The Morgan fingerprint density at radius 3 is 2.81 bits per heavy atom. The fourth-order valence-electron chi connectivity index (χ4n) is 2.74. The highest BCUT2D eigenvalue weighted by atomic mass is 35.5. The van der Waals surface area contributed by atoms with Crippen LogP contribution in [0.15, 0.2) is 30.3 Å². The van der Waals surface area contributed by atoms with Gasteiger partial charge in [-0.25, -0.2) is 0 Å². The van der Waals surface area contributed by atoms with Crippen molar-refractivity contribution in [1.29, 1.82) is 0 Å². The largest absolute Gasteiger partial charge is 0.480 e. The van der Waals surface area contributed by atoms with Crippen LogP contribution in [0, 0.1) is 0 Å². The average molecular weight is 306 g/mol. The molecule has 3 rings (SSSR count). The lowest BCUT2D eigenvalue weighted by Crippen LogP contribution is -2.31. The Morgan fingerprint density at radius 1 is 1.33 bits per heavy atom. The predicted octanol–water partition coefficient (Wildman–Crippen LogP) is 2.18. The second-order valence-electron chi connectivity index (χ2n) is 5.21. The topological polar surface area (TPSA) is 58.4 Å². The van der Waals surface area contributed by atoms with Gasteiger partial charge in [0.2, 0.25) is 0 Å². The Morgan fingerprint density at radius 2 is 2.10 bits per heavy atom. The van der Waals surface area contributed by atoms with Crippen LogP contribution in [0.3, 0.4) is 0 Å². The van der Waals surface area contributed by atoms with Gasteiger partial charge < -0.3 is 5.11 Å². The normalized spacial score (nSPS) is 14.9. The number of aromatic nitrogens is 2. The summed E-state index contributed by atoms with van der Waals surface area (Å²) in [6.45, 7) is 2.32. The van der Waals surface area contributed by atoms with Crippen LogP contribution in [0.1, 0.15) is 16.8 Å². The van der Waals surface area contributed by atoms with Crippen molar-refractivity contribution in [3.63, 3.8) is 0 Å². The molecule has 0 radical (unpaired) electrons. The fourth-order valence-corrected chi connectivity index (χ4v) is 3.00. The zero-order chi connectivity index (χ0) is 14.8. The van der Waals surface area contributed by atoms with Crippen molar-refractivity contribution in [2.24, 2.45) is 0 Å². The molecule has 5 nitrogen and oxygen atoms in total. The molecule has 21 heavy (non-hydrogen) atoms. The van der Waals surface area contributed by atoms with Crippen LogP contribution in [-0.2, 0) is 30.8 Å². The maximum Gasteiger partial charge on any atom is 0.325 e. The first-order valence-corrected chi connectivity index (χ1v) is 7.23. The number of fused-ring (bicyclic) bond motifs is 1. The van der Waals surface area contributed by atoms with Gasteiger partial charge in [0.05, 0.1) is 0 Å². The van der Waals surface area contributed by atoms with Crippen molar-refractivity contribution in [3.05, 3.63) is 52.3 Å². The molecule has 1 aromatic carbocycles. The highest BCUT2D eigenvalue weighted by Crippen LogP contribution is 2.26. The molecule has 6 heteroatoms. The Labute approximate surface area is 127 Å². The molecule has 0 unspecified atom stereocenters. The van der Waals surface area contributed by atoms with E-state index >= 15 is 0 Å². The third-order valence-corrected chi connectivity index (χ3v) is 4.00. The van der Waals surface area contributed by atoms with E-state index in [0.29, 0.717) is 11.7 Å². The van der Waals surface area contributed by atoms with Crippen molar-refractivity contribution in [2.75, 3.05) is 6.54 Å². The molecule has 1 aromatic heterocycles. The lowest BCUT2D eigenvalue weighted by molar-refractivity contribution is -0.137. The van der Waals surface area contributed by atoms with E-state index in [9.17, 15) is 4.79 Å². The number of nitrogens with zero attached hydrogens (tertiary/aromatic N) is 3. The van der Waals surface area contributed by atoms with Gasteiger partial charge in [-0.1, -0.05) is 41.9 Å². The predicted molar refractivity (Wildman–Crippen MR) is 79.1 cm³/mol. The maximum absolute atomic E-state index is 10.9. The first-order valence-electron chi connectivity index (χ1n) is 6.85. The van der Waals surface area contributed by atoms with E-state index in [0.717, 1.165) is 30.8 Å². The van der Waals surface area contributed by atoms with Crippen LogP contribution in [0.5, 0.6) is 0 Å². The first-order chi connectivity index (χ1) is 10.1. The van der Waals surface area contributed by atoms with Crippen molar-refractivity contribution in [3.8, 4) is 0 Å². The summed E-state index contributed by atoms with van der Waals surface area (Å²) in [5.41, 5.74) is 3.17. The van der Waals surface area contributed by atoms with Crippen LogP contribution in [0.25, 0.3) is 0 Å². The number of rotatable bonds is 4. The molecule has 0 saturated carbocycles. The smallest absolute Gasteiger partial charge is 0.325 e. The van der Waals surface area contributed by atoms with Crippen LogP contribution >= 0.6 is 11.6 Å². The summed E-state index contributed by atoms with van der Waals surface area (Å²) in [5.74, 6) is -0.899. The molecule has 0 amide bonds. The van der Waals surface area contributed by atoms with Crippen molar-refractivity contribution >= 4 is 17.6 Å². The summed E-state index contributed by atoms with van der Waals surface area (Å²) in [5, 5.41) is 13.5. The lowest BCUT2D eigenvalue weighted by atomic mass is 10.1. The van der Waals surface area contributed by atoms with Gasteiger partial charge in [0.15, 0.2) is 5.15 Å². The van der Waals surface area contributed by atoms with Crippen molar-refractivity contribution in [1.82, 2.24) is 14.7 Å². The number of hydrogen-bond acceptors (Lipinski definition) is 3. The zero-order valence-electron chi connectivity index (χ0n) is 11.5. The summed E-state index contributed by atoms with van der Waals surface area (Å²) < 4.78 is 1.51. The molecule has 0 aliphatic carbocycles. The molecular weight excluding hydrogens is 290 g/mol. The van der Waals surface area contributed by atoms with Gasteiger partial charge >= 0.3 is 5.97 Å². The minimum atomic E-state index is -0.899. The Kier molecular flexibility index (Phi) is 3.94. The Hall–Kier alpha value is -1.85. The molecule has 0 spiro atoms. The minimum absolute atomic E-state index is 0.131. The van der Waals surface area contributed by atoms with Crippen LogP contribution in [0.4, 0.5) is 0 Å². The van der Waals surface area contributed by atoms with Crippen molar-refractivity contribution in [2.45, 2.75) is 26.1 Å². The van der Waals surface area contributed by atoms with Gasteiger partial charge in [-0.2, -0.15) is 5.10 Å². The molecule has 0 saturated heterocycles. The van der Waals surface area contributed by atoms with Gasteiger partial charge in [-0.3, -0.25) is 14.4 Å². The zero-order valence-corrected chi connectivity index (χ0v) is 12.3. The molecule has 0 bridgehead atoms. The molecule has 2 aromatic rings. The molecule has 1 aliphatic rings. The Bertz CT molecular complexity index is 654. The molecule has 0 atom stereocenters. The van der Waals surface area contributed by atoms with Gasteiger partial charge in [0, 0.05) is 37.3 Å². The molecular formula is C15H16ClN3O2. The van der Waals surface area contributed by atoms with Crippen LogP contribution in [-0.4, -0.2) is 32.3 Å². The SMILES string of the molecule is O=C(O)Cn1nc(Cl)c2c1CCN(Cc1ccccc1)C2.